The zero-order valence-electron chi connectivity index (χ0n) is 12.2. The zero-order valence-corrected chi connectivity index (χ0v) is 12.2. The van der Waals surface area contributed by atoms with Gasteiger partial charge in [-0.3, -0.25) is 0 Å². The number of hydrogen-bond acceptors (Lipinski definition) is 4. The Bertz CT molecular complexity index is 208. The molecule has 0 aromatic heterocycles. The Hall–Kier alpha value is -0.160. The van der Waals surface area contributed by atoms with E-state index in [-0.39, 0.29) is 0 Å². The van der Waals surface area contributed by atoms with Crippen molar-refractivity contribution in [3.8, 4) is 0 Å². The number of rotatable bonds is 8. The van der Waals surface area contributed by atoms with Gasteiger partial charge in [-0.2, -0.15) is 0 Å². The maximum absolute atomic E-state index is 9.98. The highest BCUT2D eigenvalue weighted by Crippen LogP contribution is 2.20. The van der Waals surface area contributed by atoms with E-state index >= 15 is 0 Å². The predicted molar refractivity (Wildman–Crippen MR) is 72.2 cm³/mol. The first-order chi connectivity index (χ1) is 7.64. The first-order valence-electron chi connectivity index (χ1n) is 6.51. The standard InChI is InChI=1S/C13H30N2O2/c1-7-15(8-2)10-11(16)9-14-12(3,4)13(5,6)17/h11,14,16-17H,7-10H2,1-6H3. The van der Waals surface area contributed by atoms with Crippen molar-refractivity contribution in [1.82, 2.24) is 10.2 Å². The van der Waals surface area contributed by atoms with Gasteiger partial charge in [0.05, 0.1) is 11.7 Å². The molecule has 0 bridgehead atoms. The molecule has 0 fully saturated rings. The molecule has 0 aromatic carbocycles. The lowest BCUT2D eigenvalue weighted by Crippen LogP contribution is -2.58. The SMILES string of the molecule is CCN(CC)CC(O)CNC(C)(C)C(C)(C)O. The summed E-state index contributed by atoms with van der Waals surface area (Å²) in [5.74, 6) is 0. The van der Waals surface area contributed by atoms with Gasteiger partial charge < -0.3 is 20.4 Å². The summed E-state index contributed by atoms with van der Waals surface area (Å²) in [5, 5.41) is 23.1. The van der Waals surface area contributed by atoms with Crippen molar-refractivity contribution in [2.45, 2.75) is 58.8 Å². The molecule has 0 aromatic rings. The summed E-state index contributed by atoms with van der Waals surface area (Å²) in [6, 6.07) is 0. The summed E-state index contributed by atoms with van der Waals surface area (Å²) >= 11 is 0. The highest BCUT2D eigenvalue weighted by atomic mass is 16.3. The van der Waals surface area contributed by atoms with Crippen LogP contribution in [-0.2, 0) is 0 Å². The summed E-state index contributed by atoms with van der Waals surface area (Å²) in [4.78, 5) is 2.18. The maximum Gasteiger partial charge on any atom is 0.0791 e. The Morgan fingerprint density at radius 1 is 1.12 bits per heavy atom. The van der Waals surface area contributed by atoms with Crippen molar-refractivity contribution in [2.75, 3.05) is 26.2 Å². The molecule has 17 heavy (non-hydrogen) atoms. The molecule has 3 N–H and O–H groups in total. The van der Waals surface area contributed by atoms with Crippen molar-refractivity contribution in [3.05, 3.63) is 0 Å². The summed E-state index contributed by atoms with van der Waals surface area (Å²) in [6.45, 7) is 14.7. The third kappa shape index (κ3) is 5.82. The zero-order chi connectivity index (χ0) is 13.7. The van der Waals surface area contributed by atoms with Crippen LogP contribution in [0.2, 0.25) is 0 Å². The number of likely N-dealkylation sites (N-methyl/N-ethyl adjacent to an activating group) is 1. The summed E-state index contributed by atoms with van der Waals surface area (Å²) in [5.41, 5.74) is -1.24. The highest BCUT2D eigenvalue weighted by Gasteiger charge is 2.34. The molecule has 0 saturated heterocycles. The van der Waals surface area contributed by atoms with Crippen LogP contribution in [0.3, 0.4) is 0 Å². The van der Waals surface area contributed by atoms with E-state index < -0.39 is 17.2 Å². The van der Waals surface area contributed by atoms with E-state index in [4.69, 9.17) is 0 Å². The van der Waals surface area contributed by atoms with Crippen molar-refractivity contribution in [2.24, 2.45) is 0 Å². The summed E-state index contributed by atoms with van der Waals surface area (Å²) < 4.78 is 0. The molecule has 104 valence electrons. The van der Waals surface area contributed by atoms with E-state index in [0.717, 1.165) is 13.1 Å². The van der Waals surface area contributed by atoms with Crippen LogP contribution >= 0.6 is 0 Å². The fraction of sp³-hybridized carbons (Fsp3) is 1.00. The molecule has 0 rings (SSSR count). The third-order valence-corrected chi connectivity index (χ3v) is 3.67. The lowest BCUT2D eigenvalue weighted by molar-refractivity contribution is -0.0112. The van der Waals surface area contributed by atoms with Gasteiger partial charge >= 0.3 is 0 Å². The molecule has 4 heteroatoms. The topological polar surface area (TPSA) is 55.7 Å². The molecule has 0 aliphatic heterocycles. The van der Waals surface area contributed by atoms with Crippen LogP contribution < -0.4 is 5.32 Å². The van der Waals surface area contributed by atoms with Crippen LogP contribution in [0.25, 0.3) is 0 Å². The van der Waals surface area contributed by atoms with Gasteiger partial charge in [-0.05, 0) is 40.8 Å². The Morgan fingerprint density at radius 2 is 1.59 bits per heavy atom. The van der Waals surface area contributed by atoms with E-state index in [0.29, 0.717) is 13.1 Å². The molecule has 0 radical (unpaired) electrons. The summed E-state index contributed by atoms with van der Waals surface area (Å²) in [7, 11) is 0. The average Bonchev–Trinajstić information content (AvgIpc) is 2.21. The minimum absolute atomic E-state index is 0.406. The van der Waals surface area contributed by atoms with Gasteiger partial charge in [0, 0.05) is 18.6 Å². The molecule has 0 heterocycles. The van der Waals surface area contributed by atoms with Crippen LogP contribution in [0.1, 0.15) is 41.5 Å². The number of hydrogen-bond donors (Lipinski definition) is 3. The van der Waals surface area contributed by atoms with Crippen molar-refractivity contribution in [3.63, 3.8) is 0 Å². The smallest absolute Gasteiger partial charge is 0.0791 e. The largest absolute Gasteiger partial charge is 0.390 e. The van der Waals surface area contributed by atoms with Crippen molar-refractivity contribution >= 4 is 0 Å². The number of nitrogens with zero attached hydrogens (tertiary/aromatic N) is 1. The normalized spacial score (nSPS) is 15.4. The van der Waals surface area contributed by atoms with Gasteiger partial charge in [-0.15, -0.1) is 0 Å². The minimum Gasteiger partial charge on any atom is -0.390 e. The van der Waals surface area contributed by atoms with Crippen LogP contribution in [0.15, 0.2) is 0 Å². The predicted octanol–water partition coefficient (Wildman–Crippen LogP) is 0.828. The fourth-order valence-corrected chi connectivity index (χ4v) is 1.43. The van der Waals surface area contributed by atoms with Crippen molar-refractivity contribution < 1.29 is 10.2 Å². The lowest BCUT2D eigenvalue weighted by atomic mass is 9.86. The molecule has 0 aliphatic carbocycles. The van der Waals surface area contributed by atoms with E-state index in [9.17, 15) is 10.2 Å². The van der Waals surface area contributed by atoms with E-state index in [1.807, 2.05) is 13.8 Å². The highest BCUT2D eigenvalue weighted by molar-refractivity contribution is 4.93. The second kappa shape index (κ2) is 6.69. The Labute approximate surface area is 106 Å². The van der Waals surface area contributed by atoms with Crippen LogP contribution in [0.4, 0.5) is 0 Å². The molecule has 0 aliphatic rings. The Balaban J connectivity index is 4.11. The van der Waals surface area contributed by atoms with Crippen LogP contribution in [0.5, 0.6) is 0 Å². The van der Waals surface area contributed by atoms with Crippen molar-refractivity contribution in [1.29, 1.82) is 0 Å². The van der Waals surface area contributed by atoms with E-state index in [2.05, 4.69) is 24.1 Å². The second-order valence-electron chi connectivity index (χ2n) is 5.70. The second-order valence-corrected chi connectivity index (χ2v) is 5.70. The molecular formula is C13H30N2O2. The monoisotopic (exact) mass is 246 g/mol. The number of aliphatic hydroxyl groups excluding tert-OH is 1. The number of β-amino-alcohol motifs (C(OH)–C–C–N with tert-alkyl or cyclic N) is 1. The molecule has 1 atom stereocenters. The quantitative estimate of drug-likeness (QED) is 0.594. The molecule has 4 nitrogen and oxygen atoms in total. The lowest BCUT2D eigenvalue weighted by Gasteiger charge is -2.39. The molecular weight excluding hydrogens is 216 g/mol. The van der Waals surface area contributed by atoms with Gasteiger partial charge in [-0.25, -0.2) is 0 Å². The average molecular weight is 246 g/mol. The minimum atomic E-state index is -0.818. The molecule has 0 spiro atoms. The Kier molecular flexibility index (Phi) is 6.62. The summed E-state index contributed by atoms with van der Waals surface area (Å²) in [6.07, 6.45) is -0.406. The number of nitrogens with one attached hydrogen (secondary N) is 1. The molecule has 0 saturated carbocycles. The van der Waals surface area contributed by atoms with E-state index in [1.54, 1.807) is 13.8 Å². The van der Waals surface area contributed by atoms with Gasteiger partial charge in [-0.1, -0.05) is 13.8 Å². The van der Waals surface area contributed by atoms with Gasteiger partial charge in [0.15, 0.2) is 0 Å². The van der Waals surface area contributed by atoms with Gasteiger partial charge in [0.25, 0.3) is 0 Å². The van der Waals surface area contributed by atoms with E-state index in [1.165, 1.54) is 0 Å². The van der Waals surface area contributed by atoms with Gasteiger partial charge in [0.2, 0.25) is 0 Å². The molecule has 1 unspecified atom stereocenters. The number of aliphatic hydroxyl groups is 2. The van der Waals surface area contributed by atoms with Gasteiger partial charge in [0.1, 0.15) is 0 Å². The van der Waals surface area contributed by atoms with Crippen LogP contribution in [-0.4, -0.2) is 58.5 Å². The molecule has 0 amide bonds. The first-order valence-corrected chi connectivity index (χ1v) is 6.51. The Morgan fingerprint density at radius 3 is 1.94 bits per heavy atom. The van der Waals surface area contributed by atoms with Crippen LogP contribution in [0, 0.1) is 0 Å². The maximum atomic E-state index is 9.98. The fourth-order valence-electron chi connectivity index (χ4n) is 1.43. The first kappa shape index (κ1) is 16.8. The third-order valence-electron chi connectivity index (χ3n) is 3.67.